The maximum atomic E-state index is 4.63. The van der Waals surface area contributed by atoms with E-state index in [2.05, 4.69) is 33.7 Å². The van der Waals surface area contributed by atoms with Crippen molar-refractivity contribution in [2.75, 3.05) is 0 Å². The molecule has 4 rings (SSSR count). The molecule has 0 aromatic carbocycles. The van der Waals surface area contributed by atoms with Crippen LogP contribution in [0.25, 0.3) is 0 Å². The van der Waals surface area contributed by atoms with Crippen molar-refractivity contribution < 1.29 is 0 Å². The van der Waals surface area contributed by atoms with E-state index in [-0.39, 0.29) is 0 Å². The molecule has 0 radical (unpaired) electrons. The van der Waals surface area contributed by atoms with Crippen LogP contribution < -0.4 is 0 Å². The second-order valence-electron chi connectivity index (χ2n) is 6.06. The van der Waals surface area contributed by atoms with Gasteiger partial charge in [0.05, 0.1) is 0 Å². The smallest absolute Gasteiger partial charge is 0.0427 e. The van der Waals surface area contributed by atoms with Gasteiger partial charge in [0.2, 0.25) is 0 Å². The Hall–Kier alpha value is 0.0400. The van der Waals surface area contributed by atoms with E-state index in [1.165, 1.54) is 62.8 Å². The summed E-state index contributed by atoms with van der Waals surface area (Å²) in [5.41, 5.74) is 2.78. The Morgan fingerprint density at radius 3 is 1.28 bits per heavy atom. The van der Waals surface area contributed by atoms with Crippen LogP contribution in [0.5, 0.6) is 0 Å². The van der Waals surface area contributed by atoms with Crippen LogP contribution in [0.2, 0.25) is 0 Å². The lowest BCUT2D eigenvalue weighted by molar-refractivity contribution is 0.777. The van der Waals surface area contributed by atoms with Gasteiger partial charge in [-0.05, 0) is 51.4 Å². The Morgan fingerprint density at radius 1 is 0.611 bits per heavy atom. The standard InChI is InChI=1S/C14H20N2S2/c1-2-12-6-9(5-11(1)17-12)15-16-10-7-13-3-4-14(8-10)18-13/h11-14H,1-8H2. The molecule has 0 aromatic rings. The third kappa shape index (κ3) is 2.38. The summed E-state index contributed by atoms with van der Waals surface area (Å²) in [4.78, 5) is 0. The van der Waals surface area contributed by atoms with Gasteiger partial charge in [0.15, 0.2) is 0 Å². The first-order valence-electron chi connectivity index (χ1n) is 7.27. The fourth-order valence-electron chi connectivity index (χ4n) is 3.68. The summed E-state index contributed by atoms with van der Waals surface area (Å²) in [5.74, 6) is 0. The molecular formula is C14H20N2S2. The molecule has 4 bridgehead atoms. The average Bonchev–Trinajstić information content (AvgIpc) is 2.89. The summed E-state index contributed by atoms with van der Waals surface area (Å²) in [6, 6.07) is 0. The third-order valence-electron chi connectivity index (χ3n) is 4.58. The largest absolute Gasteiger partial charge is 0.160 e. The Kier molecular flexibility index (Phi) is 3.19. The first kappa shape index (κ1) is 11.8. The molecule has 98 valence electrons. The number of hydrogen-bond acceptors (Lipinski definition) is 4. The molecule has 18 heavy (non-hydrogen) atoms. The van der Waals surface area contributed by atoms with E-state index in [4.69, 9.17) is 0 Å². The molecule has 4 heteroatoms. The normalized spacial score (nSPS) is 42.2. The maximum absolute atomic E-state index is 4.63. The van der Waals surface area contributed by atoms with Gasteiger partial charge in [-0.1, -0.05) is 0 Å². The van der Waals surface area contributed by atoms with Gasteiger partial charge in [-0.15, -0.1) is 0 Å². The second kappa shape index (κ2) is 4.86. The van der Waals surface area contributed by atoms with E-state index in [9.17, 15) is 0 Å². The minimum absolute atomic E-state index is 0.862. The lowest BCUT2D eigenvalue weighted by atomic mass is 10.1. The van der Waals surface area contributed by atoms with Gasteiger partial charge >= 0.3 is 0 Å². The van der Waals surface area contributed by atoms with Crippen LogP contribution in [-0.4, -0.2) is 32.4 Å². The van der Waals surface area contributed by atoms with Crippen molar-refractivity contribution in [3.63, 3.8) is 0 Å². The fourth-order valence-corrected chi connectivity index (χ4v) is 7.02. The van der Waals surface area contributed by atoms with Gasteiger partial charge in [0.1, 0.15) is 0 Å². The Morgan fingerprint density at radius 2 is 0.944 bits per heavy atom. The van der Waals surface area contributed by atoms with Gasteiger partial charge in [-0.2, -0.15) is 33.7 Å². The number of thioether (sulfide) groups is 2. The van der Waals surface area contributed by atoms with Crippen molar-refractivity contribution in [1.82, 2.24) is 0 Å². The molecule has 0 spiro atoms. The van der Waals surface area contributed by atoms with Crippen molar-refractivity contribution in [3.05, 3.63) is 0 Å². The topological polar surface area (TPSA) is 24.7 Å². The summed E-state index contributed by atoms with van der Waals surface area (Å²) >= 11 is 4.39. The fraction of sp³-hybridized carbons (Fsp3) is 0.857. The number of rotatable bonds is 1. The second-order valence-corrected chi connectivity index (χ2v) is 9.27. The van der Waals surface area contributed by atoms with E-state index < -0.39 is 0 Å². The summed E-state index contributed by atoms with van der Waals surface area (Å²) in [7, 11) is 0. The van der Waals surface area contributed by atoms with Crippen molar-refractivity contribution in [2.24, 2.45) is 10.2 Å². The minimum atomic E-state index is 0.862. The predicted molar refractivity (Wildman–Crippen MR) is 82.1 cm³/mol. The molecule has 4 atom stereocenters. The van der Waals surface area contributed by atoms with E-state index in [1.54, 1.807) is 0 Å². The van der Waals surface area contributed by atoms with Gasteiger partial charge in [-0.25, -0.2) is 0 Å². The number of nitrogens with zero attached hydrogens (tertiary/aromatic N) is 2. The Balaban J connectivity index is 1.45. The van der Waals surface area contributed by atoms with Gasteiger partial charge in [0.25, 0.3) is 0 Å². The van der Waals surface area contributed by atoms with E-state index in [0.717, 1.165) is 21.0 Å². The summed E-state index contributed by atoms with van der Waals surface area (Å²) in [6.07, 6.45) is 10.5. The molecule has 4 heterocycles. The van der Waals surface area contributed by atoms with Gasteiger partial charge in [0, 0.05) is 32.4 Å². The molecule has 4 saturated heterocycles. The molecule has 4 aliphatic rings. The highest BCUT2D eigenvalue weighted by Crippen LogP contribution is 2.43. The molecule has 0 aliphatic carbocycles. The zero-order valence-corrected chi connectivity index (χ0v) is 12.3. The third-order valence-corrected chi connectivity index (χ3v) is 7.73. The molecule has 2 nitrogen and oxygen atoms in total. The number of fused-ring (bicyclic) bond motifs is 4. The molecule has 4 fully saturated rings. The van der Waals surface area contributed by atoms with Gasteiger partial charge < -0.3 is 0 Å². The first-order valence-corrected chi connectivity index (χ1v) is 9.16. The lowest BCUT2D eigenvalue weighted by Crippen LogP contribution is -2.18. The van der Waals surface area contributed by atoms with Crippen LogP contribution in [0, 0.1) is 0 Å². The molecule has 4 aliphatic heterocycles. The van der Waals surface area contributed by atoms with Crippen molar-refractivity contribution >= 4 is 34.9 Å². The highest BCUT2D eigenvalue weighted by Gasteiger charge is 2.34. The van der Waals surface area contributed by atoms with Gasteiger partial charge in [-0.3, -0.25) is 0 Å². The van der Waals surface area contributed by atoms with Crippen LogP contribution in [-0.2, 0) is 0 Å². The highest BCUT2D eigenvalue weighted by atomic mass is 32.2. The molecule has 4 unspecified atom stereocenters. The van der Waals surface area contributed by atoms with Crippen LogP contribution in [0.4, 0.5) is 0 Å². The van der Waals surface area contributed by atoms with E-state index in [0.29, 0.717) is 0 Å². The number of hydrogen-bond donors (Lipinski definition) is 0. The maximum Gasteiger partial charge on any atom is 0.0427 e. The first-order chi connectivity index (χ1) is 8.85. The molecule has 0 N–H and O–H groups in total. The zero-order chi connectivity index (χ0) is 11.9. The highest BCUT2D eigenvalue weighted by molar-refractivity contribution is 8.01. The van der Waals surface area contributed by atoms with E-state index in [1.807, 2.05) is 0 Å². The summed E-state index contributed by atoms with van der Waals surface area (Å²) in [5, 5.41) is 12.7. The lowest BCUT2D eigenvalue weighted by Gasteiger charge is -2.21. The van der Waals surface area contributed by atoms with Crippen LogP contribution in [0.3, 0.4) is 0 Å². The molecule has 0 saturated carbocycles. The molecule has 0 aromatic heterocycles. The molecule has 0 amide bonds. The Labute approximate surface area is 117 Å². The van der Waals surface area contributed by atoms with Crippen LogP contribution >= 0.6 is 23.5 Å². The van der Waals surface area contributed by atoms with Crippen molar-refractivity contribution in [2.45, 2.75) is 72.4 Å². The SMILES string of the molecule is C1CC2CC(=NN=C3CC4CCC(C3)S4)CC1S2. The van der Waals surface area contributed by atoms with Crippen molar-refractivity contribution in [3.8, 4) is 0 Å². The summed E-state index contributed by atoms with van der Waals surface area (Å²) < 4.78 is 0. The minimum Gasteiger partial charge on any atom is -0.160 e. The zero-order valence-electron chi connectivity index (χ0n) is 10.7. The van der Waals surface area contributed by atoms with Crippen LogP contribution in [0.1, 0.15) is 51.4 Å². The summed E-state index contributed by atoms with van der Waals surface area (Å²) in [6.45, 7) is 0. The average molecular weight is 280 g/mol. The van der Waals surface area contributed by atoms with Crippen LogP contribution in [0.15, 0.2) is 10.2 Å². The monoisotopic (exact) mass is 280 g/mol. The van der Waals surface area contributed by atoms with E-state index >= 15 is 0 Å². The quantitative estimate of drug-likeness (QED) is 0.680. The Bertz CT molecular complexity index is 339. The van der Waals surface area contributed by atoms with Crippen molar-refractivity contribution in [1.29, 1.82) is 0 Å². The molecular weight excluding hydrogens is 260 g/mol. The predicted octanol–water partition coefficient (Wildman–Crippen LogP) is 3.90.